The lowest BCUT2D eigenvalue weighted by Gasteiger charge is -2.27. The summed E-state index contributed by atoms with van der Waals surface area (Å²) >= 11 is 0. The van der Waals surface area contributed by atoms with E-state index < -0.39 is 29.7 Å². The van der Waals surface area contributed by atoms with Crippen LogP contribution in [0.2, 0.25) is 0 Å². The number of halogens is 2. The number of benzene rings is 2. The zero-order chi connectivity index (χ0) is 24.1. The molecule has 1 aromatic heterocycles. The minimum Gasteiger partial charge on any atom is -0.495 e. The molecule has 0 spiro atoms. The van der Waals surface area contributed by atoms with Gasteiger partial charge >= 0.3 is 6.09 Å². The highest BCUT2D eigenvalue weighted by atomic mass is 19.2. The number of anilines is 1. The molecule has 176 valence electrons. The highest BCUT2D eigenvalue weighted by Gasteiger charge is 2.27. The molecule has 0 unspecified atom stereocenters. The second kappa shape index (κ2) is 10.2. The van der Waals surface area contributed by atoms with Gasteiger partial charge in [0.1, 0.15) is 18.1 Å². The molecule has 8 nitrogen and oxygen atoms in total. The molecule has 0 saturated carbocycles. The molecular weight excluding hydrogens is 448 g/mol. The molecule has 0 radical (unpaired) electrons. The van der Waals surface area contributed by atoms with Crippen molar-refractivity contribution in [3.05, 3.63) is 83.2 Å². The van der Waals surface area contributed by atoms with Gasteiger partial charge in [-0.05, 0) is 30.3 Å². The van der Waals surface area contributed by atoms with E-state index in [4.69, 9.17) is 14.2 Å². The van der Waals surface area contributed by atoms with Crippen LogP contribution in [0.3, 0.4) is 0 Å². The number of carbonyl (C=O) groups excluding carboxylic acids is 2. The average molecular weight is 469 g/mol. The van der Waals surface area contributed by atoms with Crippen LogP contribution in [0.5, 0.6) is 11.5 Å². The molecule has 10 heteroatoms. The number of aromatic nitrogens is 1. The summed E-state index contributed by atoms with van der Waals surface area (Å²) in [7, 11) is 1.53. The lowest BCUT2D eigenvalue weighted by Crippen LogP contribution is -2.33. The van der Waals surface area contributed by atoms with Gasteiger partial charge in [0.15, 0.2) is 11.6 Å². The summed E-state index contributed by atoms with van der Waals surface area (Å²) in [4.78, 5) is 29.3. The third-order valence-electron chi connectivity index (χ3n) is 5.17. The zero-order valence-electron chi connectivity index (χ0n) is 18.1. The third kappa shape index (κ3) is 5.22. The van der Waals surface area contributed by atoms with E-state index in [-0.39, 0.29) is 24.5 Å². The second-order valence-electron chi connectivity index (χ2n) is 7.41. The van der Waals surface area contributed by atoms with Crippen molar-refractivity contribution < 1.29 is 32.6 Å². The van der Waals surface area contributed by atoms with E-state index in [1.807, 2.05) is 0 Å². The van der Waals surface area contributed by atoms with Gasteiger partial charge in [0.2, 0.25) is 0 Å². The van der Waals surface area contributed by atoms with Crippen LogP contribution in [0.1, 0.15) is 34.1 Å². The van der Waals surface area contributed by atoms with Crippen LogP contribution >= 0.6 is 0 Å². The van der Waals surface area contributed by atoms with Crippen LogP contribution in [0.25, 0.3) is 0 Å². The smallest absolute Gasteiger partial charge is 0.408 e. The number of fused-ring (bicyclic) bond motifs is 1. The van der Waals surface area contributed by atoms with Crippen molar-refractivity contribution in [2.24, 2.45) is 0 Å². The predicted molar refractivity (Wildman–Crippen MR) is 118 cm³/mol. The van der Waals surface area contributed by atoms with Crippen LogP contribution < -0.4 is 20.1 Å². The van der Waals surface area contributed by atoms with E-state index in [9.17, 15) is 18.4 Å². The largest absolute Gasteiger partial charge is 0.495 e. The second-order valence-corrected chi connectivity index (χ2v) is 7.41. The molecule has 3 aromatic rings. The Bertz CT molecular complexity index is 1200. The molecule has 2 heterocycles. The van der Waals surface area contributed by atoms with Gasteiger partial charge in [-0.2, -0.15) is 0 Å². The van der Waals surface area contributed by atoms with Gasteiger partial charge in [-0.25, -0.2) is 13.6 Å². The molecule has 1 aliphatic rings. The first-order chi connectivity index (χ1) is 16.4. The number of rotatable bonds is 6. The number of ether oxygens (including phenoxy) is 3. The maximum absolute atomic E-state index is 13.5. The summed E-state index contributed by atoms with van der Waals surface area (Å²) in [6.45, 7) is 0.232. The topological polar surface area (TPSA) is 98.8 Å². The first-order valence-corrected chi connectivity index (χ1v) is 10.4. The van der Waals surface area contributed by atoms with E-state index in [0.717, 1.165) is 12.1 Å². The minimum atomic E-state index is -1.07. The summed E-state index contributed by atoms with van der Waals surface area (Å²) in [6.07, 6.45) is 1.35. The van der Waals surface area contributed by atoms with E-state index >= 15 is 0 Å². The monoisotopic (exact) mass is 469 g/mol. The number of alkyl carbamates (subject to hydrolysis) is 1. The van der Waals surface area contributed by atoms with E-state index in [1.54, 1.807) is 30.3 Å². The highest BCUT2D eigenvalue weighted by Crippen LogP contribution is 2.35. The van der Waals surface area contributed by atoms with Crippen molar-refractivity contribution in [3.8, 4) is 11.5 Å². The number of nitrogens with one attached hydrogen (secondary N) is 2. The molecule has 4 rings (SSSR count). The number of nitrogens with zero attached hydrogens (tertiary/aromatic N) is 1. The Balaban J connectivity index is 1.43. The third-order valence-corrected chi connectivity index (χ3v) is 5.17. The van der Waals surface area contributed by atoms with Crippen LogP contribution in [-0.4, -0.2) is 30.7 Å². The van der Waals surface area contributed by atoms with Crippen LogP contribution in [0, 0.1) is 11.6 Å². The van der Waals surface area contributed by atoms with Gasteiger partial charge in [-0.3, -0.25) is 9.78 Å². The Morgan fingerprint density at radius 1 is 1.15 bits per heavy atom. The Morgan fingerprint density at radius 2 is 2.00 bits per heavy atom. The van der Waals surface area contributed by atoms with Crippen LogP contribution in [0.15, 0.2) is 54.7 Å². The normalized spacial score (nSPS) is 14.4. The molecular formula is C24H21F2N3O5. The Morgan fingerprint density at radius 3 is 2.74 bits per heavy atom. The first-order valence-electron chi connectivity index (χ1n) is 10.4. The molecule has 0 saturated heterocycles. The molecule has 0 bridgehead atoms. The van der Waals surface area contributed by atoms with Gasteiger partial charge in [-0.15, -0.1) is 0 Å². The summed E-state index contributed by atoms with van der Waals surface area (Å²) in [5, 5.41) is 5.31. The van der Waals surface area contributed by atoms with Crippen LogP contribution in [-0.2, 0) is 11.3 Å². The quantitative estimate of drug-likeness (QED) is 0.556. The predicted octanol–water partition coefficient (Wildman–Crippen LogP) is 4.37. The maximum atomic E-state index is 13.5. The fraction of sp³-hybridized carbons (Fsp3) is 0.208. The number of hydrogen-bond acceptors (Lipinski definition) is 6. The highest BCUT2D eigenvalue weighted by molar-refractivity contribution is 6.06. The number of methoxy groups -OCH3 is 1. The van der Waals surface area contributed by atoms with Crippen molar-refractivity contribution in [2.75, 3.05) is 19.0 Å². The summed E-state index contributed by atoms with van der Waals surface area (Å²) in [5.41, 5.74) is 1.45. The standard InChI is InChI=1S/C24H21F2N3O5/c1-32-16-7-5-15(27-12-16)13-34-24(31)29-21-9-10-33-22-17(21)3-2-4-18(22)23(30)28-14-6-8-19(25)20(26)11-14/h2-8,11-12,21H,9-10,13H2,1H3,(H,28,30)(H,29,31)/t21-/m0/s1. The van der Waals surface area contributed by atoms with Gasteiger partial charge < -0.3 is 24.8 Å². The van der Waals surface area contributed by atoms with Crippen molar-refractivity contribution in [3.63, 3.8) is 0 Å². The van der Waals surface area contributed by atoms with Crippen molar-refractivity contribution in [1.82, 2.24) is 10.3 Å². The van der Waals surface area contributed by atoms with Crippen molar-refractivity contribution >= 4 is 17.7 Å². The zero-order valence-corrected chi connectivity index (χ0v) is 18.1. The van der Waals surface area contributed by atoms with E-state index in [2.05, 4.69) is 15.6 Å². The number of hydrogen-bond donors (Lipinski definition) is 2. The molecule has 2 N–H and O–H groups in total. The number of carbonyl (C=O) groups is 2. The Kier molecular flexibility index (Phi) is 6.86. The lowest BCUT2D eigenvalue weighted by molar-refractivity contribution is 0.102. The number of pyridine rings is 1. The van der Waals surface area contributed by atoms with Gasteiger partial charge in [0.25, 0.3) is 5.91 Å². The molecule has 2 amide bonds. The van der Waals surface area contributed by atoms with Crippen LogP contribution in [0.4, 0.5) is 19.3 Å². The molecule has 1 aliphatic heterocycles. The summed E-state index contributed by atoms with van der Waals surface area (Å²) < 4.78 is 42.6. The molecule has 1 atom stereocenters. The summed E-state index contributed by atoms with van der Waals surface area (Å²) in [6, 6.07) is 11.0. The van der Waals surface area contributed by atoms with Crippen molar-refractivity contribution in [2.45, 2.75) is 19.1 Å². The fourth-order valence-electron chi connectivity index (χ4n) is 3.47. The van der Waals surface area contributed by atoms with E-state index in [1.165, 1.54) is 19.4 Å². The fourth-order valence-corrected chi connectivity index (χ4v) is 3.47. The Hall–Kier alpha value is -4.21. The first kappa shape index (κ1) is 23.0. The average Bonchev–Trinajstić information content (AvgIpc) is 2.85. The van der Waals surface area contributed by atoms with Gasteiger partial charge in [0, 0.05) is 23.7 Å². The number of para-hydroxylation sites is 1. The molecule has 0 aliphatic carbocycles. The van der Waals surface area contributed by atoms with Gasteiger partial charge in [-0.1, -0.05) is 12.1 Å². The molecule has 0 fully saturated rings. The van der Waals surface area contributed by atoms with Gasteiger partial charge in [0.05, 0.1) is 37.2 Å². The molecule has 34 heavy (non-hydrogen) atoms. The number of amides is 2. The van der Waals surface area contributed by atoms with Crippen molar-refractivity contribution in [1.29, 1.82) is 0 Å². The Labute approximate surface area is 193 Å². The minimum absolute atomic E-state index is 0.0252. The summed E-state index contributed by atoms with van der Waals surface area (Å²) in [5.74, 6) is -1.75. The van der Waals surface area contributed by atoms with E-state index in [0.29, 0.717) is 29.2 Å². The molecule has 2 aromatic carbocycles. The lowest BCUT2D eigenvalue weighted by atomic mass is 9.97. The maximum Gasteiger partial charge on any atom is 0.408 e. The SMILES string of the molecule is COc1ccc(COC(=O)N[C@H]2CCOc3c(C(=O)Nc4ccc(F)c(F)c4)cccc32)nc1.